The number of aromatic nitrogens is 3. The molecule has 1 N–H and O–H groups in total. The van der Waals surface area contributed by atoms with Gasteiger partial charge in [0.2, 0.25) is 5.95 Å². The Labute approximate surface area is 192 Å². The van der Waals surface area contributed by atoms with Gasteiger partial charge >= 0.3 is 0 Å². The first-order valence-electron chi connectivity index (χ1n) is 11.0. The number of ether oxygens (including phenoxy) is 3. The first-order chi connectivity index (χ1) is 16.1. The lowest BCUT2D eigenvalue weighted by molar-refractivity contribution is -0.116. The summed E-state index contributed by atoms with van der Waals surface area (Å²) >= 11 is 0. The monoisotopic (exact) mass is 446 g/mol. The summed E-state index contributed by atoms with van der Waals surface area (Å²) in [5, 5.41) is 7.77. The third kappa shape index (κ3) is 3.71. The van der Waals surface area contributed by atoms with Crippen molar-refractivity contribution >= 4 is 11.7 Å². The number of Topliss-reactive ketones (excluding diaryl/α,β-unsaturated/α-hetero) is 1. The Kier molecular flexibility index (Phi) is 5.50. The predicted octanol–water partition coefficient (Wildman–Crippen LogP) is 4.11. The van der Waals surface area contributed by atoms with E-state index in [2.05, 4.69) is 15.4 Å². The molecule has 0 bridgehead atoms. The van der Waals surface area contributed by atoms with Gasteiger partial charge in [0.25, 0.3) is 0 Å². The second kappa shape index (κ2) is 8.61. The molecule has 3 aromatic rings. The number of rotatable bonds is 6. The maximum atomic E-state index is 13.5. The summed E-state index contributed by atoms with van der Waals surface area (Å²) in [6.07, 6.45) is 2.61. The molecule has 5 rings (SSSR count). The van der Waals surface area contributed by atoms with Gasteiger partial charge in [-0.1, -0.05) is 18.2 Å². The van der Waals surface area contributed by atoms with Crippen molar-refractivity contribution in [1.29, 1.82) is 0 Å². The van der Waals surface area contributed by atoms with Gasteiger partial charge in [0, 0.05) is 17.7 Å². The predicted molar refractivity (Wildman–Crippen MR) is 123 cm³/mol. The summed E-state index contributed by atoms with van der Waals surface area (Å²) in [6.45, 7) is 2.56. The molecule has 2 aromatic carbocycles. The average Bonchev–Trinajstić information content (AvgIpc) is 3.31. The number of ketones is 1. The summed E-state index contributed by atoms with van der Waals surface area (Å²) in [4.78, 5) is 17.9. The maximum Gasteiger partial charge on any atom is 0.226 e. The normalized spacial score (nSPS) is 19.4. The Morgan fingerprint density at radius 3 is 2.52 bits per heavy atom. The van der Waals surface area contributed by atoms with E-state index in [-0.39, 0.29) is 17.7 Å². The molecule has 33 heavy (non-hydrogen) atoms. The Balaban J connectivity index is 1.52. The van der Waals surface area contributed by atoms with Crippen LogP contribution < -0.4 is 19.5 Å². The fourth-order valence-corrected chi connectivity index (χ4v) is 4.72. The number of hydrogen-bond donors (Lipinski definition) is 1. The highest BCUT2D eigenvalue weighted by molar-refractivity contribution is 6.00. The van der Waals surface area contributed by atoms with E-state index in [0.29, 0.717) is 36.9 Å². The Morgan fingerprint density at radius 2 is 1.79 bits per heavy atom. The molecule has 0 fully saturated rings. The van der Waals surface area contributed by atoms with Crippen LogP contribution in [0.1, 0.15) is 42.9 Å². The largest absolute Gasteiger partial charge is 0.494 e. The van der Waals surface area contributed by atoms with Gasteiger partial charge in [0.1, 0.15) is 18.1 Å². The van der Waals surface area contributed by atoms with Crippen LogP contribution in [0.4, 0.5) is 5.95 Å². The topological polar surface area (TPSA) is 87.5 Å². The van der Waals surface area contributed by atoms with E-state index < -0.39 is 0 Å². The zero-order valence-corrected chi connectivity index (χ0v) is 18.9. The van der Waals surface area contributed by atoms with Crippen molar-refractivity contribution in [3.63, 3.8) is 0 Å². The standard InChI is InChI=1S/C25H26N4O4/c1-4-33-18-8-5-15(6-9-18)24-23-19(28-25-26-14-27-29(24)25)11-17(12-20(23)30)16-7-10-21(31-2)22(13-16)32-3/h5-10,13-14,17,24H,4,11-12H2,1-3H3,(H,26,27,28)/t17-,24-/m1/s1. The molecule has 0 saturated heterocycles. The van der Waals surface area contributed by atoms with Crippen LogP contribution in [0, 0.1) is 0 Å². The van der Waals surface area contributed by atoms with Gasteiger partial charge < -0.3 is 19.5 Å². The molecule has 2 aliphatic rings. The molecule has 8 nitrogen and oxygen atoms in total. The van der Waals surface area contributed by atoms with Crippen LogP contribution in [0.2, 0.25) is 0 Å². The molecule has 0 spiro atoms. The van der Waals surface area contributed by atoms with Gasteiger partial charge in [-0.3, -0.25) is 4.79 Å². The lowest BCUT2D eigenvalue weighted by atomic mass is 9.78. The van der Waals surface area contributed by atoms with E-state index >= 15 is 0 Å². The first kappa shape index (κ1) is 21.1. The molecule has 8 heteroatoms. The van der Waals surface area contributed by atoms with Gasteiger partial charge in [-0.25, -0.2) is 4.68 Å². The fourth-order valence-electron chi connectivity index (χ4n) is 4.72. The number of nitrogens with zero attached hydrogens (tertiary/aromatic N) is 3. The van der Waals surface area contributed by atoms with E-state index in [4.69, 9.17) is 14.2 Å². The molecule has 0 saturated carbocycles. The van der Waals surface area contributed by atoms with Gasteiger partial charge in [0.15, 0.2) is 17.3 Å². The molecule has 2 heterocycles. The number of anilines is 1. The maximum absolute atomic E-state index is 13.5. The number of fused-ring (bicyclic) bond motifs is 1. The minimum atomic E-state index is -0.326. The second-order valence-corrected chi connectivity index (χ2v) is 8.09. The number of allylic oxidation sites excluding steroid dienone is 2. The number of carbonyl (C=O) groups excluding carboxylic acids is 1. The van der Waals surface area contributed by atoms with E-state index in [1.165, 1.54) is 6.33 Å². The summed E-state index contributed by atoms with van der Waals surface area (Å²) < 4.78 is 18.2. The number of benzene rings is 2. The van der Waals surface area contributed by atoms with Gasteiger partial charge in [-0.05, 0) is 54.7 Å². The number of hydrogen-bond acceptors (Lipinski definition) is 7. The molecule has 170 valence electrons. The van der Waals surface area contributed by atoms with Crippen LogP contribution in [0.5, 0.6) is 17.2 Å². The average molecular weight is 447 g/mol. The molecule has 0 unspecified atom stereocenters. The van der Waals surface area contributed by atoms with E-state index in [1.54, 1.807) is 18.9 Å². The van der Waals surface area contributed by atoms with Crippen molar-refractivity contribution < 1.29 is 19.0 Å². The fraction of sp³-hybridized carbons (Fsp3) is 0.320. The van der Waals surface area contributed by atoms with Crippen LogP contribution in [-0.4, -0.2) is 41.4 Å². The van der Waals surface area contributed by atoms with Crippen molar-refractivity contribution in [2.24, 2.45) is 0 Å². The molecule has 1 aromatic heterocycles. The van der Waals surface area contributed by atoms with Gasteiger partial charge in [-0.2, -0.15) is 10.1 Å². The van der Waals surface area contributed by atoms with Crippen molar-refractivity contribution in [2.75, 3.05) is 26.1 Å². The Morgan fingerprint density at radius 1 is 1.03 bits per heavy atom. The van der Waals surface area contributed by atoms with Crippen LogP contribution >= 0.6 is 0 Å². The van der Waals surface area contributed by atoms with Crippen LogP contribution in [0.15, 0.2) is 60.1 Å². The molecular formula is C25H26N4O4. The summed E-state index contributed by atoms with van der Waals surface area (Å²) in [5.41, 5.74) is 3.65. The third-order valence-corrected chi connectivity index (χ3v) is 6.25. The smallest absolute Gasteiger partial charge is 0.226 e. The zero-order chi connectivity index (χ0) is 22.9. The van der Waals surface area contributed by atoms with Crippen molar-refractivity contribution in [3.8, 4) is 17.2 Å². The van der Waals surface area contributed by atoms with Crippen LogP contribution in [0.25, 0.3) is 0 Å². The lowest BCUT2D eigenvalue weighted by Crippen LogP contribution is -2.33. The number of carbonyl (C=O) groups is 1. The SMILES string of the molecule is CCOc1ccc([C@@H]2C3=C(C[C@@H](c4ccc(OC)c(OC)c4)CC3=O)Nc3ncnn32)cc1. The van der Waals surface area contributed by atoms with Crippen molar-refractivity contribution in [2.45, 2.75) is 31.7 Å². The first-order valence-corrected chi connectivity index (χ1v) is 11.0. The molecule has 1 aliphatic heterocycles. The lowest BCUT2D eigenvalue weighted by Gasteiger charge is -2.35. The second-order valence-electron chi connectivity index (χ2n) is 8.09. The molecule has 0 amide bonds. The van der Waals surface area contributed by atoms with Crippen LogP contribution in [0.3, 0.4) is 0 Å². The van der Waals surface area contributed by atoms with E-state index in [9.17, 15) is 4.79 Å². The highest BCUT2D eigenvalue weighted by atomic mass is 16.5. The third-order valence-electron chi connectivity index (χ3n) is 6.25. The quantitative estimate of drug-likeness (QED) is 0.610. The van der Waals surface area contributed by atoms with E-state index in [0.717, 1.165) is 28.1 Å². The minimum Gasteiger partial charge on any atom is -0.494 e. The summed E-state index contributed by atoms with van der Waals surface area (Å²) in [5.74, 6) is 2.89. The molecular weight excluding hydrogens is 420 g/mol. The van der Waals surface area contributed by atoms with Gasteiger partial charge in [-0.15, -0.1) is 0 Å². The Bertz CT molecular complexity index is 1220. The van der Waals surface area contributed by atoms with Crippen molar-refractivity contribution in [1.82, 2.24) is 14.8 Å². The van der Waals surface area contributed by atoms with Crippen molar-refractivity contribution in [3.05, 3.63) is 71.2 Å². The molecule has 2 atom stereocenters. The molecule has 1 aliphatic carbocycles. The van der Waals surface area contributed by atoms with E-state index in [1.807, 2.05) is 49.4 Å². The highest BCUT2D eigenvalue weighted by Gasteiger charge is 2.39. The zero-order valence-electron chi connectivity index (χ0n) is 18.9. The summed E-state index contributed by atoms with van der Waals surface area (Å²) in [7, 11) is 3.23. The summed E-state index contributed by atoms with van der Waals surface area (Å²) in [6, 6.07) is 13.4. The Hall–Kier alpha value is -3.81. The number of methoxy groups -OCH3 is 2. The minimum absolute atomic E-state index is 0.0269. The number of nitrogens with one attached hydrogen (secondary N) is 1. The molecule has 0 radical (unpaired) electrons. The van der Waals surface area contributed by atoms with Crippen LogP contribution in [-0.2, 0) is 4.79 Å². The highest BCUT2D eigenvalue weighted by Crippen LogP contribution is 2.45. The van der Waals surface area contributed by atoms with Gasteiger partial charge in [0.05, 0.1) is 20.8 Å².